The number of benzene rings is 2. The van der Waals surface area contributed by atoms with Crippen LogP contribution in [0.25, 0.3) is 0 Å². The summed E-state index contributed by atoms with van der Waals surface area (Å²) in [6, 6.07) is 17.2. The summed E-state index contributed by atoms with van der Waals surface area (Å²) in [7, 11) is 0. The van der Waals surface area contributed by atoms with Gasteiger partial charge in [-0.2, -0.15) is 0 Å². The van der Waals surface area contributed by atoms with Crippen LogP contribution in [0.15, 0.2) is 54.6 Å². The minimum atomic E-state index is -0.103. The van der Waals surface area contributed by atoms with E-state index in [0.717, 1.165) is 19.3 Å². The summed E-state index contributed by atoms with van der Waals surface area (Å²) in [5.41, 5.74) is 7.53. The lowest BCUT2D eigenvalue weighted by atomic mass is 10.1. The highest BCUT2D eigenvalue weighted by atomic mass is 16.5. The van der Waals surface area contributed by atoms with Crippen molar-refractivity contribution in [2.24, 2.45) is 11.7 Å². The van der Waals surface area contributed by atoms with E-state index in [2.05, 4.69) is 5.32 Å². The van der Waals surface area contributed by atoms with Crippen LogP contribution in [-0.4, -0.2) is 43.0 Å². The number of nitrogens with one attached hydrogen (secondary N) is 1. The Balaban J connectivity index is 1.51. The molecule has 28 heavy (non-hydrogen) atoms. The van der Waals surface area contributed by atoms with Crippen LogP contribution < -0.4 is 15.8 Å². The van der Waals surface area contributed by atoms with Crippen LogP contribution in [0.3, 0.4) is 0 Å². The summed E-state index contributed by atoms with van der Waals surface area (Å²) in [5.74, 6) is 0.635. The lowest BCUT2D eigenvalue weighted by Gasteiger charge is -2.22. The van der Waals surface area contributed by atoms with Gasteiger partial charge >= 0.3 is 0 Å². The number of ether oxygens (including phenoxy) is 1. The molecule has 2 amide bonds. The molecule has 6 heteroatoms. The maximum Gasteiger partial charge on any atom is 0.260 e. The minimum absolute atomic E-state index is 0.0447. The van der Waals surface area contributed by atoms with Gasteiger partial charge in [-0.15, -0.1) is 0 Å². The van der Waals surface area contributed by atoms with E-state index in [4.69, 9.17) is 10.5 Å². The highest BCUT2D eigenvalue weighted by molar-refractivity contribution is 5.94. The molecule has 2 aromatic carbocycles. The SMILES string of the molecule is NCCN(CCc1ccccc1)C(=O)COc1cccc(NC(=O)C2CC2)c1. The largest absolute Gasteiger partial charge is 0.484 e. The van der Waals surface area contributed by atoms with Crippen molar-refractivity contribution in [1.29, 1.82) is 0 Å². The molecule has 1 aliphatic rings. The van der Waals surface area contributed by atoms with Crippen LogP contribution in [0.4, 0.5) is 5.69 Å². The Kier molecular flexibility index (Phi) is 7.03. The van der Waals surface area contributed by atoms with Crippen molar-refractivity contribution >= 4 is 17.5 Å². The molecule has 0 bridgehead atoms. The summed E-state index contributed by atoms with van der Waals surface area (Å²) in [6.07, 6.45) is 2.68. The molecule has 1 fully saturated rings. The molecule has 0 unspecified atom stereocenters. The number of hydrogen-bond donors (Lipinski definition) is 2. The first-order valence-corrected chi connectivity index (χ1v) is 9.71. The van der Waals surface area contributed by atoms with Crippen molar-refractivity contribution < 1.29 is 14.3 Å². The fourth-order valence-electron chi connectivity index (χ4n) is 2.92. The summed E-state index contributed by atoms with van der Waals surface area (Å²) in [5, 5.41) is 2.88. The molecule has 3 rings (SSSR count). The molecular weight excluding hydrogens is 354 g/mol. The number of nitrogens with two attached hydrogens (primary N) is 1. The van der Waals surface area contributed by atoms with E-state index >= 15 is 0 Å². The van der Waals surface area contributed by atoms with Crippen LogP contribution in [0.1, 0.15) is 18.4 Å². The highest BCUT2D eigenvalue weighted by Crippen LogP contribution is 2.30. The molecule has 0 spiro atoms. The van der Waals surface area contributed by atoms with Gasteiger partial charge in [-0.25, -0.2) is 0 Å². The Morgan fingerprint density at radius 1 is 1.07 bits per heavy atom. The van der Waals surface area contributed by atoms with E-state index in [1.165, 1.54) is 5.56 Å². The van der Waals surface area contributed by atoms with Crippen molar-refractivity contribution in [3.8, 4) is 5.75 Å². The van der Waals surface area contributed by atoms with E-state index in [9.17, 15) is 9.59 Å². The van der Waals surface area contributed by atoms with Gasteiger partial charge in [0.05, 0.1) is 0 Å². The molecule has 1 saturated carbocycles. The standard InChI is InChI=1S/C22H27N3O3/c23-12-14-25(13-11-17-5-2-1-3-6-17)21(26)16-28-20-8-4-7-19(15-20)24-22(27)18-9-10-18/h1-8,15,18H,9-14,16,23H2,(H,24,27). The van der Waals surface area contributed by atoms with E-state index in [1.54, 1.807) is 23.1 Å². The van der Waals surface area contributed by atoms with Gasteiger partial charge < -0.3 is 20.7 Å². The quantitative estimate of drug-likeness (QED) is 0.662. The third-order valence-electron chi connectivity index (χ3n) is 4.68. The van der Waals surface area contributed by atoms with Gasteiger partial charge in [0.1, 0.15) is 5.75 Å². The molecule has 0 atom stereocenters. The Morgan fingerprint density at radius 2 is 1.86 bits per heavy atom. The molecule has 3 N–H and O–H groups in total. The molecule has 0 heterocycles. The van der Waals surface area contributed by atoms with Crippen molar-refractivity contribution in [1.82, 2.24) is 4.90 Å². The van der Waals surface area contributed by atoms with Crippen LogP contribution in [0.2, 0.25) is 0 Å². The van der Waals surface area contributed by atoms with Crippen molar-refractivity contribution in [2.75, 3.05) is 31.6 Å². The Morgan fingerprint density at radius 3 is 2.57 bits per heavy atom. The average Bonchev–Trinajstić information content (AvgIpc) is 3.56. The normalized spacial score (nSPS) is 13.0. The van der Waals surface area contributed by atoms with Gasteiger partial charge in [0, 0.05) is 37.3 Å². The molecule has 2 aromatic rings. The fraction of sp³-hybridized carbons (Fsp3) is 0.364. The van der Waals surface area contributed by atoms with E-state index < -0.39 is 0 Å². The molecule has 1 aliphatic carbocycles. The molecule has 0 aromatic heterocycles. The number of anilines is 1. The first kappa shape index (κ1) is 19.9. The zero-order valence-electron chi connectivity index (χ0n) is 16.0. The molecule has 0 aliphatic heterocycles. The van der Waals surface area contributed by atoms with Crippen molar-refractivity contribution in [3.63, 3.8) is 0 Å². The van der Waals surface area contributed by atoms with Crippen molar-refractivity contribution in [3.05, 3.63) is 60.2 Å². The van der Waals surface area contributed by atoms with Gasteiger partial charge in [0.2, 0.25) is 5.91 Å². The monoisotopic (exact) mass is 381 g/mol. The lowest BCUT2D eigenvalue weighted by molar-refractivity contribution is -0.133. The smallest absolute Gasteiger partial charge is 0.260 e. The second-order valence-electron chi connectivity index (χ2n) is 6.99. The Labute approximate surface area is 165 Å². The zero-order valence-corrected chi connectivity index (χ0v) is 16.0. The van der Waals surface area contributed by atoms with E-state index in [1.807, 2.05) is 36.4 Å². The third kappa shape index (κ3) is 6.09. The van der Waals surface area contributed by atoms with Gasteiger partial charge in [-0.1, -0.05) is 36.4 Å². The van der Waals surface area contributed by atoms with Gasteiger partial charge in [-0.05, 0) is 37.0 Å². The molecule has 0 radical (unpaired) electrons. The number of hydrogen-bond acceptors (Lipinski definition) is 4. The number of amides is 2. The number of rotatable bonds is 10. The van der Waals surface area contributed by atoms with Crippen LogP contribution in [0, 0.1) is 5.92 Å². The first-order chi connectivity index (χ1) is 13.7. The Hall–Kier alpha value is -2.86. The number of carbonyl (C=O) groups excluding carboxylic acids is 2. The first-order valence-electron chi connectivity index (χ1n) is 9.71. The summed E-state index contributed by atoms with van der Waals surface area (Å²) < 4.78 is 5.66. The summed E-state index contributed by atoms with van der Waals surface area (Å²) in [4.78, 5) is 26.2. The molecule has 6 nitrogen and oxygen atoms in total. The fourth-order valence-corrected chi connectivity index (χ4v) is 2.92. The zero-order chi connectivity index (χ0) is 19.8. The number of carbonyl (C=O) groups is 2. The maximum absolute atomic E-state index is 12.6. The molecular formula is C22H27N3O3. The number of nitrogens with zero attached hydrogens (tertiary/aromatic N) is 1. The van der Waals surface area contributed by atoms with Crippen molar-refractivity contribution in [2.45, 2.75) is 19.3 Å². The van der Waals surface area contributed by atoms with E-state index in [0.29, 0.717) is 31.1 Å². The lowest BCUT2D eigenvalue weighted by Crippen LogP contribution is -2.39. The van der Waals surface area contributed by atoms with Crippen LogP contribution >= 0.6 is 0 Å². The Bertz CT molecular complexity index is 791. The predicted molar refractivity (Wildman–Crippen MR) is 109 cm³/mol. The van der Waals surface area contributed by atoms with E-state index in [-0.39, 0.29) is 24.3 Å². The second kappa shape index (κ2) is 9.90. The van der Waals surface area contributed by atoms with Gasteiger partial charge in [-0.3, -0.25) is 9.59 Å². The molecule has 0 saturated heterocycles. The second-order valence-corrected chi connectivity index (χ2v) is 6.99. The van der Waals surface area contributed by atoms with Gasteiger partial charge in [0.15, 0.2) is 6.61 Å². The van der Waals surface area contributed by atoms with Crippen LogP contribution in [0.5, 0.6) is 5.75 Å². The average molecular weight is 381 g/mol. The van der Waals surface area contributed by atoms with Gasteiger partial charge in [0.25, 0.3) is 5.91 Å². The highest BCUT2D eigenvalue weighted by Gasteiger charge is 2.29. The minimum Gasteiger partial charge on any atom is -0.484 e. The predicted octanol–water partition coefficient (Wildman–Crippen LogP) is 2.44. The van der Waals surface area contributed by atoms with Crippen LogP contribution in [-0.2, 0) is 16.0 Å². The summed E-state index contributed by atoms with van der Waals surface area (Å²) >= 11 is 0. The summed E-state index contributed by atoms with van der Waals surface area (Å²) in [6.45, 7) is 1.44. The third-order valence-corrected chi connectivity index (χ3v) is 4.68. The topological polar surface area (TPSA) is 84.7 Å². The maximum atomic E-state index is 12.6. The molecule has 148 valence electrons.